The summed E-state index contributed by atoms with van der Waals surface area (Å²) in [7, 11) is 1.57. The van der Waals surface area contributed by atoms with Crippen LogP contribution in [0.3, 0.4) is 0 Å². The highest BCUT2D eigenvalue weighted by Crippen LogP contribution is 2.24. The van der Waals surface area contributed by atoms with Crippen LogP contribution in [0.25, 0.3) is 11.3 Å². The van der Waals surface area contributed by atoms with Crippen LogP contribution in [-0.4, -0.2) is 72.6 Å². The lowest BCUT2D eigenvalue weighted by Crippen LogP contribution is -2.52. The first-order valence-corrected chi connectivity index (χ1v) is 12.3. The molecule has 0 bridgehead atoms. The third-order valence-corrected chi connectivity index (χ3v) is 6.12. The number of aromatic nitrogens is 2. The standard InChI is InChI=1S/C27H33N7O3/c1-19(28)26(36)34-16-14-33(15-17-34)23-9-7-22(8-10-23)31-27-29-13-11-24(32-27)20-3-5-21(6-4-20)30-25(35)12-18-37-2/h3-11,13,19H,12,14-18,28H2,1-2H3,(H,30,35)(H,29,31,32). The van der Waals surface area contributed by atoms with Crippen molar-refractivity contribution >= 4 is 34.8 Å². The van der Waals surface area contributed by atoms with Crippen molar-refractivity contribution in [1.82, 2.24) is 14.9 Å². The predicted octanol–water partition coefficient (Wildman–Crippen LogP) is 2.86. The summed E-state index contributed by atoms with van der Waals surface area (Å²) in [5.41, 5.74) is 10.1. The minimum atomic E-state index is -0.462. The van der Waals surface area contributed by atoms with E-state index in [2.05, 4.69) is 37.6 Å². The predicted molar refractivity (Wildman–Crippen MR) is 145 cm³/mol. The monoisotopic (exact) mass is 503 g/mol. The molecule has 1 saturated heterocycles. The van der Waals surface area contributed by atoms with Crippen LogP contribution >= 0.6 is 0 Å². The van der Waals surface area contributed by atoms with E-state index >= 15 is 0 Å². The summed E-state index contributed by atoms with van der Waals surface area (Å²) < 4.78 is 4.93. The second kappa shape index (κ2) is 12.3. The van der Waals surface area contributed by atoms with E-state index in [4.69, 9.17) is 10.5 Å². The molecule has 1 aliphatic heterocycles. The van der Waals surface area contributed by atoms with E-state index in [1.165, 1.54) is 0 Å². The summed E-state index contributed by atoms with van der Waals surface area (Å²) in [6.07, 6.45) is 2.02. The molecule has 2 amide bonds. The Morgan fingerprint density at radius 2 is 1.68 bits per heavy atom. The molecule has 1 atom stereocenters. The number of piperazine rings is 1. The van der Waals surface area contributed by atoms with Crippen molar-refractivity contribution in [3.8, 4) is 11.3 Å². The third-order valence-electron chi connectivity index (χ3n) is 6.12. The lowest BCUT2D eigenvalue weighted by Gasteiger charge is -2.36. The van der Waals surface area contributed by atoms with E-state index in [-0.39, 0.29) is 11.8 Å². The van der Waals surface area contributed by atoms with Crippen molar-refractivity contribution < 1.29 is 14.3 Å². The first-order valence-electron chi connectivity index (χ1n) is 12.3. The number of rotatable bonds is 9. The number of nitrogens with zero attached hydrogens (tertiary/aromatic N) is 4. The molecule has 10 nitrogen and oxygen atoms in total. The van der Waals surface area contributed by atoms with Crippen molar-refractivity contribution in [2.24, 2.45) is 5.73 Å². The molecule has 0 aliphatic carbocycles. The number of amides is 2. The molecule has 0 saturated carbocycles. The minimum absolute atomic E-state index is 0.00193. The van der Waals surface area contributed by atoms with Crippen LogP contribution in [0, 0.1) is 0 Å². The number of methoxy groups -OCH3 is 1. The minimum Gasteiger partial charge on any atom is -0.384 e. The largest absolute Gasteiger partial charge is 0.384 e. The van der Waals surface area contributed by atoms with Gasteiger partial charge in [0.15, 0.2) is 0 Å². The van der Waals surface area contributed by atoms with Crippen LogP contribution < -0.4 is 21.3 Å². The Kier molecular flexibility index (Phi) is 8.65. The fourth-order valence-corrected chi connectivity index (χ4v) is 4.08. The fraction of sp³-hybridized carbons (Fsp3) is 0.333. The number of carbonyl (C=O) groups is 2. The van der Waals surface area contributed by atoms with Crippen molar-refractivity contribution in [3.05, 3.63) is 60.8 Å². The van der Waals surface area contributed by atoms with Gasteiger partial charge in [-0.1, -0.05) is 12.1 Å². The van der Waals surface area contributed by atoms with Gasteiger partial charge in [0.1, 0.15) is 0 Å². The van der Waals surface area contributed by atoms with Crippen LogP contribution in [-0.2, 0) is 14.3 Å². The van der Waals surface area contributed by atoms with Gasteiger partial charge in [0.05, 0.1) is 24.8 Å². The Hall–Kier alpha value is -4.02. The number of benzene rings is 2. The number of anilines is 4. The Labute approximate surface area is 216 Å². The topological polar surface area (TPSA) is 126 Å². The Morgan fingerprint density at radius 1 is 1.00 bits per heavy atom. The smallest absolute Gasteiger partial charge is 0.239 e. The quantitative estimate of drug-likeness (QED) is 0.407. The first kappa shape index (κ1) is 26.1. The zero-order valence-corrected chi connectivity index (χ0v) is 21.2. The molecule has 4 rings (SSSR count). The first-order chi connectivity index (χ1) is 17.9. The number of hydrogen-bond acceptors (Lipinski definition) is 8. The maximum Gasteiger partial charge on any atom is 0.239 e. The van der Waals surface area contributed by atoms with Crippen molar-refractivity contribution in [2.75, 3.05) is 55.4 Å². The van der Waals surface area contributed by atoms with Gasteiger partial charge >= 0.3 is 0 Å². The Balaban J connectivity index is 1.34. The van der Waals surface area contributed by atoms with E-state index < -0.39 is 6.04 Å². The highest BCUT2D eigenvalue weighted by molar-refractivity contribution is 5.91. The normalized spacial score (nSPS) is 14.2. The van der Waals surface area contributed by atoms with Crippen molar-refractivity contribution in [2.45, 2.75) is 19.4 Å². The van der Waals surface area contributed by atoms with Gasteiger partial charge in [0.25, 0.3) is 0 Å². The molecule has 0 radical (unpaired) electrons. The van der Waals surface area contributed by atoms with Gasteiger partial charge < -0.3 is 30.9 Å². The van der Waals surface area contributed by atoms with Crippen molar-refractivity contribution in [3.63, 3.8) is 0 Å². The van der Waals surface area contributed by atoms with Gasteiger partial charge in [-0.05, 0) is 49.4 Å². The fourth-order valence-electron chi connectivity index (χ4n) is 4.08. The van der Waals surface area contributed by atoms with E-state index in [9.17, 15) is 9.59 Å². The van der Waals surface area contributed by atoms with Crippen LogP contribution in [0.1, 0.15) is 13.3 Å². The number of hydrogen-bond donors (Lipinski definition) is 3. The summed E-state index contributed by atoms with van der Waals surface area (Å²) in [6.45, 7) is 4.99. The van der Waals surface area contributed by atoms with Crippen LogP contribution in [0.5, 0.6) is 0 Å². The van der Waals surface area contributed by atoms with Crippen LogP contribution in [0.15, 0.2) is 60.8 Å². The molecular formula is C27H33N7O3. The molecule has 3 aromatic rings. The second-order valence-corrected chi connectivity index (χ2v) is 8.91. The molecule has 194 valence electrons. The maximum absolute atomic E-state index is 12.1. The number of nitrogens with one attached hydrogen (secondary N) is 2. The molecule has 37 heavy (non-hydrogen) atoms. The second-order valence-electron chi connectivity index (χ2n) is 8.91. The molecule has 1 fully saturated rings. The average molecular weight is 504 g/mol. The van der Waals surface area contributed by atoms with E-state index in [0.717, 1.165) is 41.4 Å². The van der Waals surface area contributed by atoms with E-state index in [1.54, 1.807) is 20.2 Å². The lowest BCUT2D eigenvalue weighted by atomic mass is 10.1. The zero-order chi connectivity index (χ0) is 26.2. The maximum atomic E-state index is 12.1. The molecule has 0 spiro atoms. The molecule has 1 aromatic heterocycles. The summed E-state index contributed by atoms with van der Waals surface area (Å²) in [5, 5.41) is 6.11. The molecule has 1 aliphatic rings. The third kappa shape index (κ3) is 7.02. The summed E-state index contributed by atoms with van der Waals surface area (Å²) in [6, 6.07) is 17.0. The molecular weight excluding hydrogens is 470 g/mol. The van der Waals surface area contributed by atoms with Crippen LogP contribution in [0.4, 0.5) is 23.0 Å². The Morgan fingerprint density at radius 3 is 2.32 bits per heavy atom. The molecule has 2 aromatic carbocycles. The van der Waals surface area contributed by atoms with E-state index in [1.807, 2.05) is 47.4 Å². The van der Waals surface area contributed by atoms with Gasteiger partial charge in [-0.15, -0.1) is 0 Å². The van der Waals surface area contributed by atoms with Crippen LogP contribution in [0.2, 0.25) is 0 Å². The van der Waals surface area contributed by atoms with Gasteiger partial charge in [-0.25, -0.2) is 9.97 Å². The van der Waals surface area contributed by atoms with Gasteiger partial charge in [0.2, 0.25) is 17.8 Å². The molecule has 1 unspecified atom stereocenters. The van der Waals surface area contributed by atoms with Gasteiger partial charge in [-0.2, -0.15) is 0 Å². The molecule has 2 heterocycles. The number of ether oxygens (including phenoxy) is 1. The lowest BCUT2D eigenvalue weighted by molar-refractivity contribution is -0.132. The van der Waals surface area contributed by atoms with Crippen molar-refractivity contribution in [1.29, 1.82) is 0 Å². The highest BCUT2D eigenvalue weighted by Gasteiger charge is 2.23. The average Bonchev–Trinajstić information content (AvgIpc) is 2.92. The number of nitrogens with two attached hydrogens (primary N) is 1. The van der Waals surface area contributed by atoms with Gasteiger partial charge in [0, 0.05) is 62.1 Å². The van der Waals surface area contributed by atoms with E-state index in [0.29, 0.717) is 32.1 Å². The number of carbonyl (C=O) groups excluding carboxylic acids is 2. The Bertz CT molecular complexity index is 1190. The SMILES string of the molecule is COCCC(=O)Nc1ccc(-c2ccnc(Nc3ccc(N4CCN(C(=O)C(C)N)CC4)cc3)n2)cc1. The summed E-state index contributed by atoms with van der Waals surface area (Å²) >= 11 is 0. The summed E-state index contributed by atoms with van der Waals surface area (Å²) in [4.78, 5) is 37.0. The summed E-state index contributed by atoms with van der Waals surface area (Å²) in [5.74, 6) is 0.403. The van der Waals surface area contributed by atoms with Gasteiger partial charge in [-0.3, -0.25) is 9.59 Å². The molecule has 10 heteroatoms. The highest BCUT2D eigenvalue weighted by atomic mass is 16.5. The zero-order valence-electron chi connectivity index (χ0n) is 21.2. The molecule has 4 N–H and O–H groups in total.